The first kappa shape index (κ1) is 15.3. The Kier molecular flexibility index (Phi) is 3.89. The molecular formula is C17H9F3N2S. The van der Waals surface area contributed by atoms with Gasteiger partial charge in [0.1, 0.15) is 11.1 Å². The molecule has 0 bridgehead atoms. The van der Waals surface area contributed by atoms with Crippen LogP contribution in [0.5, 0.6) is 0 Å². The average Bonchev–Trinajstić information content (AvgIpc) is 2.96. The summed E-state index contributed by atoms with van der Waals surface area (Å²) in [4.78, 5) is 4.38. The summed E-state index contributed by atoms with van der Waals surface area (Å²) in [5.41, 5.74) is 0.925. The molecule has 0 spiro atoms. The lowest BCUT2D eigenvalue weighted by Crippen LogP contribution is -2.03. The van der Waals surface area contributed by atoms with Crippen LogP contribution in [0.15, 0.2) is 48.5 Å². The molecule has 0 saturated heterocycles. The highest BCUT2D eigenvalue weighted by Crippen LogP contribution is 2.31. The normalized spacial score (nSPS) is 12.3. The number of nitriles is 1. The molecule has 114 valence electrons. The van der Waals surface area contributed by atoms with E-state index in [1.807, 2.05) is 24.3 Å². The molecule has 0 aliphatic carbocycles. The van der Waals surface area contributed by atoms with Crippen molar-refractivity contribution in [2.75, 3.05) is 0 Å². The summed E-state index contributed by atoms with van der Waals surface area (Å²) >= 11 is 1.37. The number of thiazole rings is 1. The number of hydrogen-bond donors (Lipinski definition) is 0. The molecule has 0 unspecified atom stereocenters. The fourth-order valence-corrected chi connectivity index (χ4v) is 3.00. The van der Waals surface area contributed by atoms with Gasteiger partial charge < -0.3 is 0 Å². The lowest BCUT2D eigenvalue weighted by Gasteiger charge is -2.06. The number of alkyl halides is 3. The van der Waals surface area contributed by atoms with Crippen LogP contribution in [0, 0.1) is 11.3 Å². The van der Waals surface area contributed by atoms with E-state index < -0.39 is 11.7 Å². The minimum Gasteiger partial charge on any atom is -0.235 e. The fourth-order valence-electron chi connectivity index (χ4n) is 2.06. The largest absolute Gasteiger partial charge is 0.416 e. The van der Waals surface area contributed by atoms with E-state index in [1.54, 1.807) is 0 Å². The van der Waals surface area contributed by atoms with Crippen molar-refractivity contribution in [3.05, 3.63) is 64.7 Å². The maximum atomic E-state index is 12.6. The van der Waals surface area contributed by atoms with Gasteiger partial charge in [-0.1, -0.05) is 24.3 Å². The summed E-state index contributed by atoms with van der Waals surface area (Å²) in [6.45, 7) is 0. The Morgan fingerprint density at radius 2 is 1.78 bits per heavy atom. The van der Waals surface area contributed by atoms with Gasteiger partial charge in [-0.05, 0) is 35.9 Å². The topological polar surface area (TPSA) is 36.7 Å². The van der Waals surface area contributed by atoms with Crippen molar-refractivity contribution in [2.45, 2.75) is 6.18 Å². The number of aromatic nitrogens is 1. The van der Waals surface area contributed by atoms with Crippen LogP contribution in [-0.4, -0.2) is 4.98 Å². The summed E-state index contributed by atoms with van der Waals surface area (Å²) in [5.74, 6) is 0. The Labute approximate surface area is 134 Å². The van der Waals surface area contributed by atoms with E-state index >= 15 is 0 Å². The van der Waals surface area contributed by atoms with Gasteiger partial charge >= 0.3 is 6.18 Å². The third-order valence-corrected chi connectivity index (χ3v) is 4.26. The highest BCUT2D eigenvalue weighted by Gasteiger charge is 2.29. The second kappa shape index (κ2) is 5.86. The smallest absolute Gasteiger partial charge is 0.235 e. The molecular weight excluding hydrogens is 321 g/mol. The Morgan fingerprint density at radius 1 is 1.09 bits per heavy atom. The first-order valence-corrected chi connectivity index (χ1v) is 7.44. The number of halogens is 3. The first-order chi connectivity index (χ1) is 11.0. The molecule has 0 amide bonds. The summed E-state index contributed by atoms with van der Waals surface area (Å²) in [5, 5.41) is 9.87. The fraction of sp³-hybridized carbons (Fsp3) is 0.0588. The molecule has 0 radical (unpaired) electrons. The average molecular weight is 330 g/mol. The summed E-state index contributed by atoms with van der Waals surface area (Å²) in [7, 11) is 0. The third kappa shape index (κ3) is 3.25. The van der Waals surface area contributed by atoms with Gasteiger partial charge in [0.25, 0.3) is 0 Å². The summed E-state index contributed by atoms with van der Waals surface area (Å²) in [6.07, 6.45) is -2.83. The van der Waals surface area contributed by atoms with Crippen molar-refractivity contribution < 1.29 is 13.2 Å². The number of rotatable bonds is 2. The van der Waals surface area contributed by atoms with Crippen molar-refractivity contribution in [1.29, 1.82) is 5.26 Å². The highest BCUT2D eigenvalue weighted by atomic mass is 32.1. The third-order valence-electron chi connectivity index (χ3n) is 3.19. The Morgan fingerprint density at radius 3 is 2.39 bits per heavy atom. The number of allylic oxidation sites excluding steroid dienone is 1. The molecule has 0 N–H and O–H groups in total. The molecule has 1 heterocycles. The number of nitrogens with zero attached hydrogens (tertiary/aromatic N) is 2. The van der Waals surface area contributed by atoms with Crippen molar-refractivity contribution >= 4 is 33.2 Å². The van der Waals surface area contributed by atoms with E-state index in [2.05, 4.69) is 11.1 Å². The molecule has 0 saturated carbocycles. The standard InChI is InChI=1S/C17H9F3N2S/c18-17(19,20)13-7-5-11(6-8-13)9-12(10-21)16-22-14-3-1-2-4-15(14)23-16/h1-9H/b12-9+. The van der Waals surface area contributed by atoms with Gasteiger partial charge in [-0.15, -0.1) is 11.3 Å². The van der Waals surface area contributed by atoms with Gasteiger partial charge in [0.05, 0.1) is 21.4 Å². The molecule has 3 rings (SSSR count). The van der Waals surface area contributed by atoms with Gasteiger partial charge in [0.15, 0.2) is 0 Å². The molecule has 2 aromatic carbocycles. The lowest BCUT2D eigenvalue weighted by molar-refractivity contribution is -0.137. The molecule has 0 fully saturated rings. The minimum absolute atomic E-state index is 0.325. The first-order valence-electron chi connectivity index (χ1n) is 6.62. The van der Waals surface area contributed by atoms with Gasteiger partial charge in [0.2, 0.25) is 0 Å². The van der Waals surface area contributed by atoms with Crippen molar-refractivity contribution in [1.82, 2.24) is 4.98 Å². The quantitative estimate of drug-likeness (QED) is 0.592. The molecule has 0 atom stereocenters. The molecule has 0 aliphatic rings. The van der Waals surface area contributed by atoms with Gasteiger partial charge in [-0.25, -0.2) is 4.98 Å². The van der Waals surface area contributed by atoms with Crippen LogP contribution in [0.4, 0.5) is 13.2 Å². The number of hydrogen-bond acceptors (Lipinski definition) is 3. The van der Waals surface area contributed by atoms with E-state index in [4.69, 9.17) is 0 Å². The second-order valence-electron chi connectivity index (χ2n) is 4.78. The van der Waals surface area contributed by atoms with E-state index in [1.165, 1.54) is 29.5 Å². The van der Waals surface area contributed by atoms with Crippen molar-refractivity contribution in [2.24, 2.45) is 0 Å². The number of benzene rings is 2. The Balaban J connectivity index is 1.97. The van der Waals surface area contributed by atoms with Gasteiger partial charge in [0, 0.05) is 0 Å². The van der Waals surface area contributed by atoms with Crippen LogP contribution in [-0.2, 0) is 6.18 Å². The monoisotopic (exact) mass is 330 g/mol. The van der Waals surface area contributed by atoms with E-state index in [0.29, 0.717) is 16.1 Å². The molecule has 23 heavy (non-hydrogen) atoms. The van der Waals surface area contributed by atoms with Crippen LogP contribution in [0.1, 0.15) is 16.1 Å². The van der Waals surface area contributed by atoms with Crippen LogP contribution in [0.2, 0.25) is 0 Å². The predicted octanol–water partition coefficient (Wildman–Crippen LogP) is 5.38. The van der Waals surface area contributed by atoms with Crippen molar-refractivity contribution in [3.8, 4) is 6.07 Å². The molecule has 2 nitrogen and oxygen atoms in total. The van der Waals surface area contributed by atoms with E-state index in [0.717, 1.165) is 22.3 Å². The zero-order valence-corrected chi connectivity index (χ0v) is 12.4. The lowest BCUT2D eigenvalue weighted by atomic mass is 10.1. The van der Waals surface area contributed by atoms with Crippen LogP contribution >= 0.6 is 11.3 Å². The Hall–Kier alpha value is -2.65. The maximum absolute atomic E-state index is 12.6. The Bertz CT molecular complexity index is 882. The van der Waals surface area contributed by atoms with E-state index in [-0.39, 0.29) is 0 Å². The molecule has 1 aromatic heterocycles. The summed E-state index contributed by atoms with van der Waals surface area (Å²) in [6, 6.07) is 14.2. The van der Waals surface area contributed by atoms with Crippen LogP contribution in [0.3, 0.4) is 0 Å². The van der Waals surface area contributed by atoms with Crippen LogP contribution in [0.25, 0.3) is 21.9 Å². The van der Waals surface area contributed by atoms with Gasteiger partial charge in [-0.3, -0.25) is 0 Å². The summed E-state index contributed by atoms with van der Waals surface area (Å²) < 4.78 is 38.6. The second-order valence-corrected chi connectivity index (χ2v) is 5.81. The van der Waals surface area contributed by atoms with Crippen LogP contribution < -0.4 is 0 Å². The maximum Gasteiger partial charge on any atom is 0.416 e. The molecule has 6 heteroatoms. The number of fused-ring (bicyclic) bond motifs is 1. The number of para-hydroxylation sites is 1. The van der Waals surface area contributed by atoms with E-state index in [9.17, 15) is 18.4 Å². The van der Waals surface area contributed by atoms with Gasteiger partial charge in [-0.2, -0.15) is 18.4 Å². The van der Waals surface area contributed by atoms with Crippen molar-refractivity contribution in [3.63, 3.8) is 0 Å². The minimum atomic E-state index is -4.37. The zero-order chi connectivity index (χ0) is 16.4. The SMILES string of the molecule is N#C/C(=C\c1ccc(C(F)(F)F)cc1)c1nc2ccccc2s1. The molecule has 0 aliphatic heterocycles. The molecule has 3 aromatic rings. The predicted molar refractivity (Wildman–Crippen MR) is 84.5 cm³/mol. The zero-order valence-electron chi connectivity index (χ0n) is 11.6. The highest BCUT2D eigenvalue weighted by molar-refractivity contribution is 7.19.